The number of hydrogen-bond donors (Lipinski definition) is 0. The van der Waals surface area contributed by atoms with Gasteiger partial charge in [-0.05, 0) is 19.1 Å². The lowest BCUT2D eigenvalue weighted by atomic mass is 10.1. The number of hydrogen-bond acceptors (Lipinski definition) is 5. The highest BCUT2D eigenvalue weighted by Crippen LogP contribution is 2.14. The predicted octanol–water partition coefficient (Wildman–Crippen LogP) is 0.880. The number of rotatable bonds is 2. The summed E-state index contributed by atoms with van der Waals surface area (Å²) in [5, 5.41) is 0. The van der Waals surface area contributed by atoms with Crippen molar-refractivity contribution in [1.29, 1.82) is 0 Å². The number of ether oxygens (including phenoxy) is 1. The molecule has 0 aromatic heterocycles. The van der Waals surface area contributed by atoms with Gasteiger partial charge in [-0.15, -0.1) is 0 Å². The van der Waals surface area contributed by atoms with E-state index in [1.807, 2.05) is 6.92 Å². The van der Waals surface area contributed by atoms with Gasteiger partial charge in [-0.2, -0.15) is 8.42 Å². The summed E-state index contributed by atoms with van der Waals surface area (Å²) in [6.45, 7) is 1.81. The molecule has 0 spiro atoms. The van der Waals surface area contributed by atoms with Crippen LogP contribution in [0.25, 0.3) is 0 Å². The summed E-state index contributed by atoms with van der Waals surface area (Å²) in [6.07, 6.45) is -0.714. The second kappa shape index (κ2) is 4.46. The Morgan fingerprint density at radius 3 is 2.53 bits per heavy atom. The molecule has 6 heteroatoms. The maximum absolute atomic E-state index is 11.7. The summed E-state index contributed by atoms with van der Waals surface area (Å²) < 4.78 is 31.5. The Morgan fingerprint density at radius 1 is 1.35 bits per heavy atom. The van der Waals surface area contributed by atoms with Gasteiger partial charge < -0.3 is 4.74 Å². The first-order valence-electron chi connectivity index (χ1n) is 5.11. The molecule has 1 atom stereocenters. The van der Waals surface area contributed by atoms with Crippen LogP contribution in [-0.2, 0) is 19.0 Å². The molecular formula is C11H12O5S. The zero-order chi connectivity index (χ0) is 12.5. The second-order valence-electron chi connectivity index (χ2n) is 3.90. The van der Waals surface area contributed by atoms with Crippen LogP contribution in [0.5, 0.6) is 0 Å². The van der Waals surface area contributed by atoms with Crippen molar-refractivity contribution in [2.24, 2.45) is 0 Å². The third kappa shape index (κ3) is 3.04. The fraction of sp³-hybridized carbons (Fsp3) is 0.364. The van der Waals surface area contributed by atoms with Gasteiger partial charge in [0.05, 0.1) is 5.56 Å². The number of carbonyl (C=O) groups excluding carboxylic acids is 1. The van der Waals surface area contributed by atoms with Gasteiger partial charge in [0.1, 0.15) is 18.5 Å². The van der Waals surface area contributed by atoms with Gasteiger partial charge in [-0.3, -0.25) is 4.18 Å². The molecule has 1 aromatic carbocycles. The molecule has 17 heavy (non-hydrogen) atoms. The van der Waals surface area contributed by atoms with E-state index in [-0.39, 0.29) is 12.4 Å². The fourth-order valence-corrected chi connectivity index (χ4v) is 2.56. The van der Waals surface area contributed by atoms with Crippen molar-refractivity contribution in [3.8, 4) is 0 Å². The Hall–Kier alpha value is -1.40. The zero-order valence-corrected chi connectivity index (χ0v) is 10.1. The second-order valence-corrected chi connectivity index (χ2v) is 5.59. The molecule has 5 nitrogen and oxygen atoms in total. The SMILES string of the molecule is Cc1ccc(C(=O)OC2COS(=O)(=O)C2)cc1. The Bertz CT molecular complexity index is 517. The summed E-state index contributed by atoms with van der Waals surface area (Å²) in [7, 11) is -3.51. The summed E-state index contributed by atoms with van der Waals surface area (Å²) in [5.74, 6) is -0.805. The van der Waals surface area contributed by atoms with Crippen molar-refractivity contribution < 1.29 is 22.1 Å². The summed E-state index contributed by atoms with van der Waals surface area (Å²) in [6, 6.07) is 6.86. The van der Waals surface area contributed by atoms with Gasteiger partial charge in [0, 0.05) is 0 Å². The molecule has 0 N–H and O–H groups in total. The quantitative estimate of drug-likeness (QED) is 0.580. The molecule has 0 amide bonds. The summed E-state index contributed by atoms with van der Waals surface area (Å²) >= 11 is 0. The third-order valence-electron chi connectivity index (χ3n) is 2.38. The fourth-order valence-electron chi connectivity index (χ4n) is 1.48. The standard InChI is InChI=1S/C11H12O5S/c1-8-2-4-9(5-3-8)11(12)16-10-6-15-17(13,14)7-10/h2-5,10H,6-7H2,1H3. The molecule has 92 valence electrons. The van der Waals surface area contributed by atoms with E-state index >= 15 is 0 Å². The molecular weight excluding hydrogens is 244 g/mol. The summed E-state index contributed by atoms with van der Waals surface area (Å²) in [5.41, 5.74) is 1.44. The third-order valence-corrected chi connectivity index (χ3v) is 3.66. The normalized spacial score (nSPS) is 22.3. The van der Waals surface area contributed by atoms with Crippen LogP contribution in [0.1, 0.15) is 15.9 Å². The molecule has 1 heterocycles. The first-order chi connectivity index (χ1) is 7.96. The maximum Gasteiger partial charge on any atom is 0.338 e. The molecule has 0 aliphatic carbocycles. The van der Waals surface area contributed by atoms with Crippen molar-refractivity contribution in [2.75, 3.05) is 12.4 Å². The monoisotopic (exact) mass is 256 g/mol. The van der Waals surface area contributed by atoms with Gasteiger partial charge in [-0.25, -0.2) is 4.79 Å². The van der Waals surface area contributed by atoms with Gasteiger partial charge >= 0.3 is 5.97 Å². The number of carbonyl (C=O) groups is 1. The Balaban J connectivity index is 2.01. The average molecular weight is 256 g/mol. The van der Waals surface area contributed by atoms with E-state index in [1.54, 1.807) is 24.3 Å². The topological polar surface area (TPSA) is 69.7 Å². The van der Waals surface area contributed by atoms with Crippen LogP contribution >= 0.6 is 0 Å². The van der Waals surface area contributed by atoms with E-state index in [0.29, 0.717) is 5.56 Å². The van der Waals surface area contributed by atoms with Crippen LogP contribution in [-0.4, -0.2) is 32.9 Å². The largest absolute Gasteiger partial charge is 0.455 e. The van der Waals surface area contributed by atoms with Crippen LogP contribution in [0.3, 0.4) is 0 Å². The van der Waals surface area contributed by atoms with E-state index in [9.17, 15) is 13.2 Å². The molecule has 1 aromatic rings. The van der Waals surface area contributed by atoms with Crippen molar-refractivity contribution >= 4 is 16.1 Å². The lowest BCUT2D eigenvalue weighted by molar-refractivity contribution is 0.0302. The molecule has 0 saturated carbocycles. The zero-order valence-electron chi connectivity index (χ0n) is 9.25. The van der Waals surface area contributed by atoms with E-state index < -0.39 is 22.2 Å². The molecule has 1 saturated heterocycles. The number of aryl methyl sites for hydroxylation is 1. The predicted molar refractivity (Wildman–Crippen MR) is 60.1 cm³/mol. The Morgan fingerprint density at radius 2 is 2.00 bits per heavy atom. The minimum atomic E-state index is -3.51. The number of benzene rings is 1. The minimum absolute atomic E-state index is 0.0973. The van der Waals surface area contributed by atoms with E-state index in [1.165, 1.54) is 0 Å². The molecule has 0 radical (unpaired) electrons. The van der Waals surface area contributed by atoms with E-state index in [2.05, 4.69) is 4.18 Å². The van der Waals surface area contributed by atoms with Crippen LogP contribution < -0.4 is 0 Å². The average Bonchev–Trinajstić information content (AvgIpc) is 2.59. The van der Waals surface area contributed by atoms with Gasteiger partial charge in [0.2, 0.25) is 0 Å². The van der Waals surface area contributed by atoms with Crippen molar-refractivity contribution in [3.63, 3.8) is 0 Å². The van der Waals surface area contributed by atoms with E-state index in [4.69, 9.17) is 4.74 Å². The molecule has 2 rings (SSSR count). The van der Waals surface area contributed by atoms with E-state index in [0.717, 1.165) is 5.56 Å². The molecule has 1 aliphatic heterocycles. The van der Waals surface area contributed by atoms with Crippen LogP contribution in [0.4, 0.5) is 0 Å². The first kappa shape index (κ1) is 12.1. The molecule has 0 bridgehead atoms. The first-order valence-corrected chi connectivity index (χ1v) is 6.69. The highest BCUT2D eigenvalue weighted by molar-refractivity contribution is 7.87. The van der Waals surface area contributed by atoms with Crippen molar-refractivity contribution in [1.82, 2.24) is 0 Å². The van der Waals surface area contributed by atoms with Crippen LogP contribution in [0.2, 0.25) is 0 Å². The Kier molecular flexibility index (Phi) is 3.17. The molecule has 1 unspecified atom stereocenters. The van der Waals surface area contributed by atoms with Crippen molar-refractivity contribution in [3.05, 3.63) is 35.4 Å². The van der Waals surface area contributed by atoms with Crippen molar-refractivity contribution in [2.45, 2.75) is 13.0 Å². The lowest BCUT2D eigenvalue weighted by Gasteiger charge is -2.08. The Labute approximate surface area is 99.5 Å². The lowest BCUT2D eigenvalue weighted by Crippen LogP contribution is -2.21. The molecule has 1 fully saturated rings. The highest BCUT2D eigenvalue weighted by Gasteiger charge is 2.32. The van der Waals surface area contributed by atoms with Crippen LogP contribution in [0, 0.1) is 6.92 Å². The highest BCUT2D eigenvalue weighted by atomic mass is 32.2. The smallest absolute Gasteiger partial charge is 0.338 e. The maximum atomic E-state index is 11.7. The van der Waals surface area contributed by atoms with Gasteiger partial charge in [-0.1, -0.05) is 17.7 Å². The van der Waals surface area contributed by atoms with Gasteiger partial charge in [0.25, 0.3) is 10.1 Å². The summed E-state index contributed by atoms with van der Waals surface area (Å²) in [4.78, 5) is 11.7. The minimum Gasteiger partial charge on any atom is -0.455 e. The van der Waals surface area contributed by atoms with Gasteiger partial charge in [0.15, 0.2) is 0 Å². The van der Waals surface area contributed by atoms with Crippen LogP contribution in [0.15, 0.2) is 24.3 Å². The number of esters is 1. The molecule has 1 aliphatic rings.